The van der Waals surface area contributed by atoms with Crippen LogP contribution in [0.5, 0.6) is 0 Å². The third-order valence-electron chi connectivity index (χ3n) is 12.9. The number of allylic oxidation sites excluding steroid dienone is 2. The Hall–Kier alpha value is -0.910. The highest BCUT2D eigenvalue weighted by atomic mass is 16.3. The molecule has 352 valence electrons. The molecule has 0 aromatic carbocycles. The normalized spacial score (nSPS) is 13.4. The van der Waals surface area contributed by atoms with Gasteiger partial charge in [-0.1, -0.05) is 270 Å². The van der Waals surface area contributed by atoms with Gasteiger partial charge >= 0.3 is 0 Å². The van der Waals surface area contributed by atoms with Crippen molar-refractivity contribution in [2.75, 3.05) is 6.61 Å². The molecule has 0 aliphatic rings. The summed E-state index contributed by atoms with van der Waals surface area (Å²) >= 11 is 0. The predicted molar refractivity (Wildman–Crippen MR) is 259 cm³/mol. The first-order chi connectivity index (χ1) is 29.1. The van der Waals surface area contributed by atoms with Crippen molar-refractivity contribution in [3.8, 4) is 0 Å². The summed E-state index contributed by atoms with van der Waals surface area (Å²) in [5.74, 6) is -0.149. The third-order valence-corrected chi connectivity index (χ3v) is 12.9. The van der Waals surface area contributed by atoms with E-state index >= 15 is 0 Å². The van der Waals surface area contributed by atoms with Crippen LogP contribution in [0, 0.1) is 0 Å². The first-order valence-corrected chi connectivity index (χ1v) is 27.0. The van der Waals surface area contributed by atoms with E-state index in [4.69, 9.17) is 0 Å². The molecule has 0 rings (SSSR count). The van der Waals surface area contributed by atoms with Crippen molar-refractivity contribution in [1.82, 2.24) is 5.32 Å². The van der Waals surface area contributed by atoms with Crippen LogP contribution in [-0.2, 0) is 4.79 Å². The van der Waals surface area contributed by atoms with Crippen LogP contribution in [0.2, 0.25) is 0 Å². The zero-order valence-corrected chi connectivity index (χ0v) is 40.2. The van der Waals surface area contributed by atoms with Crippen LogP contribution in [0.3, 0.4) is 0 Å². The Morgan fingerprint density at radius 3 is 0.983 bits per heavy atom. The standard InChI is InChI=1S/C54H107NO4/c1-3-5-7-9-11-13-15-17-18-19-20-21-22-23-24-25-26-27-28-29-30-31-32-33-34-35-36-37-39-41-43-45-47-49-53(58)55-51(50-56)54(59)52(57)48-46-44-42-40-38-16-14-12-10-8-6-4-2/h40,42,51-52,54,56-57,59H,3-39,41,43-50H2,1-2H3,(H,55,58)/b42-40+. The molecule has 0 radical (unpaired) electrons. The molecule has 1 amide bonds. The molecule has 59 heavy (non-hydrogen) atoms. The van der Waals surface area contributed by atoms with Crippen molar-refractivity contribution in [3.05, 3.63) is 12.2 Å². The smallest absolute Gasteiger partial charge is 0.220 e. The van der Waals surface area contributed by atoms with E-state index in [-0.39, 0.29) is 12.5 Å². The molecular weight excluding hydrogens is 727 g/mol. The Balaban J connectivity index is 3.44. The molecule has 0 saturated carbocycles. The molecule has 0 heterocycles. The van der Waals surface area contributed by atoms with Gasteiger partial charge in [0.25, 0.3) is 0 Å². The summed E-state index contributed by atoms with van der Waals surface area (Å²) < 4.78 is 0. The van der Waals surface area contributed by atoms with Gasteiger partial charge in [-0.3, -0.25) is 4.79 Å². The fourth-order valence-corrected chi connectivity index (χ4v) is 8.70. The van der Waals surface area contributed by atoms with Crippen molar-refractivity contribution in [2.24, 2.45) is 0 Å². The van der Waals surface area contributed by atoms with E-state index < -0.39 is 18.2 Å². The van der Waals surface area contributed by atoms with Gasteiger partial charge in [0, 0.05) is 6.42 Å². The second kappa shape index (κ2) is 49.7. The lowest BCUT2D eigenvalue weighted by molar-refractivity contribution is -0.124. The molecule has 0 aliphatic heterocycles. The first-order valence-electron chi connectivity index (χ1n) is 27.0. The zero-order chi connectivity index (χ0) is 43.0. The molecule has 0 bridgehead atoms. The highest BCUT2D eigenvalue weighted by Crippen LogP contribution is 2.18. The van der Waals surface area contributed by atoms with E-state index in [1.807, 2.05) is 0 Å². The number of carbonyl (C=O) groups excluding carboxylic acids is 1. The van der Waals surface area contributed by atoms with Crippen LogP contribution >= 0.6 is 0 Å². The minimum absolute atomic E-state index is 0.149. The van der Waals surface area contributed by atoms with E-state index in [0.717, 1.165) is 38.5 Å². The molecule has 0 aliphatic carbocycles. The number of nitrogens with one attached hydrogen (secondary N) is 1. The van der Waals surface area contributed by atoms with Crippen LogP contribution in [-0.4, -0.2) is 46.1 Å². The van der Waals surface area contributed by atoms with Crippen LogP contribution in [0.1, 0.15) is 303 Å². The van der Waals surface area contributed by atoms with E-state index in [0.29, 0.717) is 12.8 Å². The number of hydrogen-bond donors (Lipinski definition) is 4. The van der Waals surface area contributed by atoms with Gasteiger partial charge in [-0.25, -0.2) is 0 Å². The van der Waals surface area contributed by atoms with Gasteiger partial charge in [-0.05, 0) is 38.5 Å². The number of hydrogen-bond acceptors (Lipinski definition) is 4. The molecule has 5 nitrogen and oxygen atoms in total. The Morgan fingerprint density at radius 2 is 0.678 bits per heavy atom. The summed E-state index contributed by atoms with van der Waals surface area (Å²) in [7, 11) is 0. The van der Waals surface area contributed by atoms with Gasteiger partial charge < -0.3 is 20.6 Å². The Morgan fingerprint density at radius 1 is 0.407 bits per heavy atom. The molecule has 0 aromatic heterocycles. The van der Waals surface area contributed by atoms with Crippen molar-refractivity contribution >= 4 is 5.91 Å². The summed E-state index contributed by atoms with van der Waals surface area (Å²) in [6.07, 6.45) is 61.0. The minimum Gasteiger partial charge on any atom is -0.394 e. The number of unbranched alkanes of at least 4 members (excludes halogenated alkanes) is 40. The number of aliphatic hydroxyl groups is 3. The zero-order valence-electron chi connectivity index (χ0n) is 40.2. The van der Waals surface area contributed by atoms with E-state index in [9.17, 15) is 20.1 Å². The molecular formula is C54H107NO4. The van der Waals surface area contributed by atoms with Crippen molar-refractivity contribution in [1.29, 1.82) is 0 Å². The lowest BCUT2D eigenvalue weighted by atomic mass is 10.0. The van der Waals surface area contributed by atoms with E-state index in [2.05, 4.69) is 31.3 Å². The highest BCUT2D eigenvalue weighted by molar-refractivity contribution is 5.76. The Bertz CT molecular complexity index is 833. The van der Waals surface area contributed by atoms with Crippen LogP contribution in [0.25, 0.3) is 0 Å². The van der Waals surface area contributed by atoms with Gasteiger partial charge in [0.05, 0.1) is 18.8 Å². The van der Waals surface area contributed by atoms with Crippen LogP contribution in [0.4, 0.5) is 0 Å². The molecule has 3 unspecified atom stereocenters. The fraction of sp³-hybridized carbons (Fsp3) is 0.944. The first kappa shape index (κ1) is 58.1. The molecule has 5 heteroatoms. The molecule has 0 saturated heterocycles. The largest absolute Gasteiger partial charge is 0.394 e. The quantitative estimate of drug-likeness (QED) is 0.0363. The average molecular weight is 834 g/mol. The Labute approximate surface area is 369 Å². The maximum absolute atomic E-state index is 12.5. The Kier molecular flexibility index (Phi) is 49.0. The average Bonchev–Trinajstić information content (AvgIpc) is 3.24. The monoisotopic (exact) mass is 834 g/mol. The van der Waals surface area contributed by atoms with Gasteiger partial charge in [-0.15, -0.1) is 0 Å². The van der Waals surface area contributed by atoms with Crippen molar-refractivity contribution in [3.63, 3.8) is 0 Å². The highest BCUT2D eigenvalue weighted by Gasteiger charge is 2.26. The molecule has 4 N–H and O–H groups in total. The van der Waals surface area contributed by atoms with E-state index in [1.165, 1.54) is 238 Å². The lowest BCUT2D eigenvalue weighted by Crippen LogP contribution is -2.50. The SMILES string of the molecule is CCCCCCCCC/C=C/CCCC(O)C(O)C(CO)NC(=O)CCCCCCCCCCCCCCCCCCCCCCCCCCCCCCCCCCC. The summed E-state index contributed by atoms with van der Waals surface area (Å²) in [5, 5.41) is 33.5. The molecule has 3 atom stereocenters. The maximum Gasteiger partial charge on any atom is 0.220 e. The number of carbonyl (C=O) groups is 1. The summed E-state index contributed by atoms with van der Waals surface area (Å²) in [6, 6.07) is -0.821. The molecule has 0 fully saturated rings. The lowest BCUT2D eigenvalue weighted by Gasteiger charge is -2.26. The third kappa shape index (κ3) is 44.9. The summed E-state index contributed by atoms with van der Waals surface area (Å²) in [4.78, 5) is 12.5. The van der Waals surface area contributed by atoms with Crippen LogP contribution in [0.15, 0.2) is 12.2 Å². The summed E-state index contributed by atoms with van der Waals surface area (Å²) in [6.45, 7) is 4.18. The number of rotatable bonds is 50. The fourth-order valence-electron chi connectivity index (χ4n) is 8.70. The molecule has 0 aromatic rings. The van der Waals surface area contributed by atoms with Gasteiger partial charge in [-0.2, -0.15) is 0 Å². The maximum atomic E-state index is 12.5. The van der Waals surface area contributed by atoms with E-state index in [1.54, 1.807) is 0 Å². The topological polar surface area (TPSA) is 89.8 Å². The minimum atomic E-state index is -1.15. The second-order valence-corrected chi connectivity index (χ2v) is 18.8. The van der Waals surface area contributed by atoms with Gasteiger partial charge in [0.2, 0.25) is 5.91 Å². The second-order valence-electron chi connectivity index (χ2n) is 18.8. The van der Waals surface area contributed by atoms with Gasteiger partial charge in [0.15, 0.2) is 0 Å². The van der Waals surface area contributed by atoms with Crippen LogP contribution < -0.4 is 5.32 Å². The predicted octanol–water partition coefficient (Wildman–Crippen LogP) is 16.3. The van der Waals surface area contributed by atoms with Crippen molar-refractivity contribution < 1.29 is 20.1 Å². The number of aliphatic hydroxyl groups excluding tert-OH is 3. The summed E-state index contributed by atoms with van der Waals surface area (Å²) in [5.41, 5.74) is 0. The van der Waals surface area contributed by atoms with Gasteiger partial charge in [0.1, 0.15) is 6.10 Å². The number of amides is 1. The molecule has 0 spiro atoms. The van der Waals surface area contributed by atoms with Crippen molar-refractivity contribution in [2.45, 2.75) is 321 Å².